The summed E-state index contributed by atoms with van der Waals surface area (Å²) >= 11 is 1.58. The highest BCUT2D eigenvalue weighted by molar-refractivity contribution is 7.15. The molecule has 1 aromatic carbocycles. The largest absolute Gasteiger partial charge is 0.386 e. The van der Waals surface area contributed by atoms with E-state index in [1.54, 1.807) is 23.5 Å². The van der Waals surface area contributed by atoms with Gasteiger partial charge in [0.25, 0.3) is 5.56 Å². The highest BCUT2D eigenvalue weighted by Crippen LogP contribution is 2.25. The predicted octanol–water partition coefficient (Wildman–Crippen LogP) is 3.15. The van der Waals surface area contributed by atoms with Gasteiger partial charge in [0, 0.05) is 10.9 Å². The van der Waals surface area contributed by atoms with E-state index in [1.165, 1.54) is 28.9 Å². The van der Waals surface area contributed by atoms with E-state index in [1.807, 2.05) is 19.1 Å². The molecular formula is C17H15FN2O2S. The van der Waals surface area contributed by atoms with Crippen LogP contribution < -0.4 is 5.56 Å². The van der Waals surface area contributed by atoms with Gasteiger partial charge in [0.1, 0.15) is 11.5 Å². The number of aromatic nitrogens is 2. The van der Waals surface area contributed by atoms with E-state index in [-0.39, 0.29) is 12.1 Å². The monoisotopic (exact) mass is 330 g/mol. The Morgan fingerprint density at radius 1 is 1.26 bits per heavy atom. The number of hydrogen-bond acceptors (Lipinski definition) is 4. The van der Waals surface area contributed by atoms with Gasteiger partial charge in [0.15, 0.2) is 0 Å². The molecule has 2 aromatic heterocycles. The molecule has 6 heteroatoms. The number of thiophene rings is 1. The molecule has 23 heavy (non-hydrogen) atoms. The van der Waals surface area contributed by atoms with Gasteiger partial charge in [0.05, 0.1) is 17.5 Å². The van der Waals surface area contributed by atoms with Crippen LogP contribution in [-0.2, 0) is 6.54 Å². The van der Waals surface area contributed by atoms with Crippen LogP contribution in [0.25, 0.3) is 10.6 Å². The summed E-state index contributed by atoms with van der Waals surface area (Å²) in [7, 11) is 0. The van der Waals surface area contributed by atoms with Crippen molar-refractivity contribution in [2.75, 3.05) is 0 Å². The van der Waals surface area contributed by atoms with E-state index in [0.29, 0.717) is 11.3 Å². The third-order valence-corrected chi connectivity index (χ3v) is 4.46. The molecular weight excluding hydrogens is 315 g/mol. The maximum atomic E-state index is 13.2. The number of aryl methyl sites for hydroxylation is 1. The van der Waals surface area contributed by atoms with Crippen molar-refractivity contribution in [1.82, 2.24) is 9.78 Å². The fraction of sp³-hybridized carbons (Fsp3) is 0.176. The first-order valence-electron chi connectivity index (χ1n) is 7.11. The lowest BCUT2D eigenvalue weighted by molar-refractivity contribution is 0.149. The summed E-state index contributed by atoms with van der Waals surface area (Å²) in [6, 6.07) is 12.7. The minimum atomic E-state index is -1.00. The summed E-state index contributed by atoms with van der Waals surface area (Å²) < 4.78 is 14.4. The molecule has 2 heterocycles. The second-order valence-corrected chi connectivity index (χ2v) is 6.51. The van der Waals surface area contributed by atoms with Crippen LogP contribution in [0.5, 0.6) is 0 Å². The lowest BCUT2D eigenvalue weighted by Gasteiger charge is -2.12. The Morgan fingerprint density at radius 2 is 2.09 bits per heavy atom. The Morgan fingerprint density at radius 3 is 2.78 bits per heavy atom. The smallest absolute Gasteiger partial charge is 0.266 e. The number of rotatable bonds is 4. The van der Waals surface area contributed by atoms with Gasteiger partial charge in [-0.1, -0.05) is 12.1 Å². The Labute approximate surface area is 136 Å². The third-order valence-electron chi connectivity index (χ3n) is 3.44. The molecule has 0 spiro atoms. The maximum Gasteiger partial charge on any atom is 0.266 e. The first kappa shape index (κ1) is 15.6. The van der Waals surface area contributed by atoms with Crippen molar-refractivity contribution in [3.8, 4) is 10.6 Å². The van der Waals surface area contributed by atoms with Crippen LogP contribution in [0.4, 0.5) is 4.39 Å². The number of aliphatic hydroxyl groups is 1. The Kier molecular flexibility index (Phi) is 4.36. The zero-order valence-corrected chi connectivity index (χ0v) is 13.3. The molecule has 0 fully saturated rings. The molecule has 0 amide bonds. The van der Waals surface area contributed by atoms with Crippen molar-refractivity contribution < 1.29 is 9.50 Å². The van der Waals surface area contributed by atoms with Gasteiger partial charge in [-0.15, -0.1) is 11.3 Å². The van der Waals surface area contributed by atoms with Crippen LogP contribution in [0.2, 0.25) is 0 Å². The standard InChI is InChI=1S/C17H15FN2O2S/c1-11-5-7-16(23-11)14-6-8-17(22)20(19-14)10-15(21)12-3-2-4-13(18)9-12/h2-9,15,21H,10H2,1H3/t15-/m0/s1. The molecule has 0 saturated carbocycles. The average molecular weight is 330 g/mol. The second kappa shape index (κ2) is 6.44. The number of aliphatic hydroxyl groups excluding tert-OH is 1. The quantitative estimate of drug-likeness (QED) is 0.799. The Bertz CT molecular complexity index is 888. The molecule has 4 nitrogen and oxygen atoms in total. The second-order valence-electron chi connectivity index (χ2n) is 5.22. The van der Waals surface area contributed by atoms with Crippen molar-refractivity contribution in [3.63, 3.8) is 0 Å². The van der Waals surface area contributed by atoms with E-state index in [9.17, 15) is 14.3 Å². The lowest BCUT2D eigenvalue weighted by atomic mass is 10.1. The molecule has 3 aromatic rings. The molecule has 3 rings (SSSR count). The summed E-state index contributed by atoms with van der Waals surface area (Å²) in [6.45, 7) is 1.97. The van der Waals surface area contributed by atoms with Gasteiger partial charge in [-0.3, -0.25) is 4.79 Å². The predicted molar refractivity (Wildman–Crippen MR) is 87.9 cm³/mol. The number of nitrogens with zero attached hydrogens (tertiary/aromatic N) is 2. The minimum Gasteiger partial charge on any atom is -0.386 e. The molecule has 0 saturated heterocycles. The van der Waals surface area contributed by atoms with Crippen LogP contribution in [0, 0.1) is 12.7 Å². The molecule has 1 N–H and O–H groups in total. The number of benzene rings is 1. The molecule has 0 bridgehead atoms. The average Bonchev–Trinajstić information content (AvgIpc) is 2.96. The third kappa shape index (κ3) is 3.55. The van der Waals surface area contributed by atoms with Crippen molar-refractivity contribution in [2.24, 2.45) is 0 Å². The summed E-state index contributed by atoms with van der Waals surface area (Å²) in [5, 5.41) is 14.5. The highest BCUT2D eigenvalue weighted by atomic mass is 32.1. The van der Waals surface area contributed by atoms with Crippen molar-refractivity contribution >= 4 is 11.3 Å². The van der Waals surface area contributed by atoms with Gasteiger partial charge >= 0.3 is 0 Å². The summed E-state index contributed by atoms with van der Waals surface area (Å²) in [4.78, 5) is 14.1. The number of hydrogen-bond donors (Lipinski definition) is 1. The maximum absolute atomic E-state index is 13.2. The van der Waals surface area contributed by atoms with Gasteiger partial charge in [-0.25, -0.2) is 9.07 Å². The van der Waals surface area contributed by atoms with E-state index in [4.69, 9.17) is 0 Å². The topological polar surface area (TPSA) is 55.1 Å². The van der Waals surface area contributed by atoms with Crippen molar-refractivity contribution in [1.29, 1.82) is 0 Å². The Balaban J connectivity index is 1.89. The number of halogens is 1. The van der Waals surface area contributed by atoms with E-state index in [2.05, 4.69) is 5.10 Å². The first-order valence-corrected chi connectivity index (χ1v) is 7.93. The molecule has 0 aliphatic heterocycles. The van der Waals surface area contributed by atoms with E-state index >= 15 is 0 Å². The van der Waals surface area contributed by atoms with Crippen LogP contribution in [-0.4, -0.2) is 14.9 Å². The van der Waals surface area contributed by atoms with Crippen molar-refractivity contribution in [3.05, 3.63) is 75.1 Å². The fourth-order valence-corrected chi connectivity index (χ4v) is 3.10. The van der Waals surface area contributed by atoms with Crippen LogP contribution in [0.15, 0.2) is 53.3 Å². The SMILES string of the molecule is Cc1ccc(-c2ccc(=O)n(C[C@H](O)c3cccc(F)c3)n2)s1. The van der Waals surface area contributed by atoms with Crippen LogP contribution in [0.1, 0.15) is 16.5 Å². The van der Waals surface area contributed by atoms with Crippen molar-refractivity contribution in [2.45, 2.75) is 19.6 Å². The fourth-order valence-electron chi connectivity index (χ4n) is 2.27. The Hall–Kier alpha value is -2.31. The zero-order chi connectivity index (χ0) is 16.4. The normalized spacial score (nSPS) is 12.3. The molecule has 0 aliphatic carbocycles. The van der Waals surface area contributed by atoms with Crippen LogP contribution in [0.3, 0.4) is 0 Å². The molecule has 0 aliphatic rings. The molecule has 0 unspecified atom stereocenters. The summed E-state index contributed by atoms with van der Waals surface area (Å²) in [5.41, 5.74) is 0.780. The molecule has 0 radical (unpaired) electrons. The zero-order valence-electron chi connectivity index (χ0n) is 12.4. The minimum absolute atomic E-state index is 0.0273. The van der Waals surface area contributed by atoms with Crippen LogP contribution >= 0.6 is 11.3 Å². The first-order chi connectivity index (χ1) is 11.0. The van der Waals surface area contributed by atoms with E-state index in [0.717, 1.165) is 9.75 Å². The van der Waals surface area contributed by atoms with Gasteiger partial charge in [-0.2, -0.15) is 5.10 Å². The van der Waals surface area contributed by atoms with E-state index < -0.39 is 11.9 Å². The summed E-state index contributed by atoms with van der Waals surface area (Å²) in [6.07, 6.45) is -1.00. The van der Waals surface area contributed by atoms with Gasteiger partial charge < -0.3 is 5.11 Å². The molecule has 118 valence electrons. The molecule has 1 atom stereocenters. The lowest BCUT2D eigenvalue weighted by Crippen LogP contribution is -2.25. The van der Waals surface area contributed by atoms with Gasteiger partial charge in [0.2, 0.25) is 0 Å². The highest BCUT2D eigenvalue weighted by Gasteiger charge is 2.12. The summed E-state index contributed by atoms with van der Waals surface area (Å²) in [5.74, 6) is -0.426. The van der Waals surface area contributed by atoms with Gasteiger partial charge in [-0.05, 0) is 42.8 Å².